The number of nitrogens with one attached hydrogen (secondary N) is 5. The molecule has 3 atom stereocenters. The number of aromatic hydroxyl groups is 1. The number of phenolic OH excluding ortho intramolecular Hbond substituents is 1. The molecule has 0 saturated carbocycles. The van der Waals surface area contributed by atoms with E-state index in [9.17, 15) is 39.7 Å². The fourth-order valence-corrected chi connectivity index (χ4v) is 8.60. The van der Waals surface area contributed by atoms with Crippen LogP contribution in [0.15, 0.2) is 60.8 Å². The lowest BCUT2D eigenvalue weighted by Crippen LogP contribution is -2.61. The van der Waals surface area contributed by atoms with Gasteiger partial charge in [-0.1, -0.05) is 12.1 Å². The van der Waals surface area contributed by atoms with E-state index in [1.165, 1.54) is 6.92 Å². The average molecular weight is 839 g/mol. The van der Waals surface area contributed by atoms with Gasteiger partial charge in [-0.05, 0) is 90.6 Å². The largest absolute Gasteiger partial charge is 0.501 e. The standard InChI is InChI=1S/C43H39N11O8/c1-20-29-16-24-4-5-25-17-30-34(53(59)60)18-35(54(61)62)39(56)38(30)50-36(25)37(24)51-40(29)44-19-31(20)32-10-12-52-13-11-33(49-43(52)48-32)42(58)45-21(2)41(57)47-28-9-7-23-6-8-27(46-22(3)55)14-26(23)15-28/h6-9,14-19,21,32-33H,4-5,10-13H2,1-3H3,(H5,44,45,46,47,48,49,51,55,56,57,58)/p+1. The number of nitro benzene ring substituents is 2. The van der Waals surface area contributed by atoms with Crippen LogP contribution in [-0.4, -0.2) is 83.3 Å². The van der Waals surface area contributed by atoms with Crippen LogP contribution in [-0.2, 0) is 27.2 Å². The molecule has 3 aromatic heterocycles. The van der Waals surface area contributed by atoms with Crippen molar-refractivity contribution in [2.24, 2.45) is 0 Å². The number of hydrogen-bond acceptors (Lipinski definition) is 13. The minimum atomic E-state index is -0.879. The molecule has 0 spiro atoms. The van der Waals surface area contributed by atoms with Crippen LogP contribution < -0.4 is 26.6 Å². The van der Waals surface area contributed by atoms with Gasteiger partial charge in [-0.3, -0.25) is 49.8 Å². The first kappa shape index (κ1) is 39.6. The number of anilines is 2. The van der Waals surface area contributed by atoms with Crippen molar-refractivity contribution >= 4 is 79.1 Å². The molecule has 0 radical (unpaired) electrons. The molecule has 3 aromatic carbocycles. The molecule has 9 rings (SSSR count). The van der Waals surface area contributed by atoms with Crippen molar-refractivity contribution in [3.05, 3.63) is 103 Å². The predicted octanol–water partition coefficient (Wildman–Crippen LogP) is 4.79. The molecule has 2 aliphatic heterocycles. The number of pyridine rings is 3. The summed E-state index contributed by atoms with van der Waals surface area (Å²) in [6, 6.07) is 13.7. The SMILES string of the molecule is CC(=O)Nc1ccc2ccc(NC(=O)C(C)NC(=O)C3CC[N+]4=C(N3)NC(c3cnc5nc6c(cc5c3C)CCc3cc5c([N+](=O)[O-])cc([N+](=O)[O-])c(O)c5nc3-6)CC4)cc2c1. The molecular weight excluding hydrogens is 799 g/mol. The normalized spacial score (nSPS) is 17.2. The summed E-state index contributed by atoms with van der Waals surface area (Å²) in [5.74, 6) is -0.912. The van der Waals surface area contributed by atoms with Gasteiger partial charge in [0.15, 0.2) is 11.7 Å². The number of non-ortho nitro benzene ring substituents is 1. The van der Waals surface area contributed by atoms with Gasteiger partial charge in [0.2, 0.25) is 17.6 Å². The fourth-order valence-electron chi connectivity index (χ4n) is 8.60. The first-order valence-corrected chi connectivity index (χ1v) is 20.1. The maximum Gasteiger partial charge on any atom is 0.346 e. The second-order valence-electron chi connectivity index (χ2n) is 15.9. The molecule has 1 aliphatic carbocycles. The highest BCUT2D eigenvalue weighted by Crippen LogP contribution is 2.43. The Morgan fingerprint density at radius 3 is 2.21 bits per heavy atom. The number of rotatable bonds is 8. The van der Waals surface area contributed by atoms with Crippen LogP contribution in [0, 0.1) is 27.2 Å². The number of carbonyl (C=O) groups is 3. The molecule has 314 valence electrons. The van der Waals surface area contributed by atoms with Gasteiger partial charge in [0, 0.05) is 48.3 Å². The highest BCUT2D eigenvalue weighted by molar-refractivity contribution is 6.01. The van der Waals surface area contributed by atoms with Crippen LogP contribution >= 0.6 is 0 Å². The Bertz CT molecular complexity index is 3010. The van der Waals surface area contributed by atoms with E-state index < -0.39 is 39.1 Å². The van der Waals surface area contributed by atoms with Crippen LogP contribution in [0.25, 0.3) is 44.1 Å². The molecular formula is C43H40N11O8+. The molecule has 6 N–H and O–H groups in total. The van der Waals surface area contributed by atoms with E-state index in [2.05, 4.69) is 36.1 Å². The summed E-state index contributed by atoms with van der Waals surface area (Å²) in [5.41, 5.74) is 4.38. The van der Waals surface area contributed by atoms with Crippen molar-refractivity contribution in [1.82, 2.24) is 30.9 Å². The number of hydrogen-bond donors (Lipinski definition) is 6. The average Bonchev–Trinajstić information content (AvgIpc) is 3.24. The molecule has 3 aliphatic rings. The van der Waals surface area contributed by atoms with E-state index >= 15 is 0 Å². The summed E-state index contributed by atoms with van der Waals surface area (Å²) in [6.45, 7) is 6.43. The minimum Gasteiger partial charge on any atom is -0.501 e. The Morgan fingerprint density at radius 2 is 1.52 bits per heavy atom. The first-order chi connectivity index (χ1) is 29.7. The summed E-state index contributed by atoms with van der Waals surface area (Å²) in [7, 11) is 0. The number of aromatic nitrogens is 3. The smallest absolute Gasteiger partial charge is 0.346 e. The molecule has 0 bridgehead atoms. The second-order valence-corrected chi connectivity index (χ2v) is 15.9. The molecule has 62 heavy (non-hydrogen) atoms. The van der Waals surface area contributed by atoms with Crippen molar-refractivity contribution in [1.29, 1.82) is 0 Å². The Balaban J connectivity index is 0.895. The summed E-state index contributed by atoms with van der Waals surface area (Å²) < 4.78 is 2.16. The number of amides is 3. The second kappa shape index (κ2) is 15.3. The van der Waals surface area contributed by atoms with E-state index in [-0.39, 0.29) is 34.7 Å². The molecule has 6 aromatic rings. The van der Waals surface area contributed by atoms with Gasteiger partial charge in [-0.25, -0.2) is 15.0 Å². The third-order valence-electron chi connectivity index (χ3n) is 11.8. The predicted molar refractivity (Wildman–Crippen MR) is 229 cm³/mol. The lowest BCUT2D eigenvalue weighted by Gasteiger charge is -2.32. The molecule has 0 fully saturated rings. The highest BCUT2D eigenvalue weighted by Gasteiger charge is 2.37. The van der Waals surface area contributed by atoms with E-state index in [1.807, 2.05) is 43.3 Å². The zero-order chi connectivity index (χ0) is 43.6. The zero-order valence-corrected chi connectivity index (χ0v) is 33.7. The highest BCUT2D eigenvalue weighted by atomic mass is 16.6. The van der Waals surface area contributed by atoms with Crippen molar-refractivity contribution in [2.45, 2.75) is 64.6 Å². The Kier molecular flexibility index (Phi) is 9.79. The van der Waals surface area contributed by atoms with Crippen LogP contribution in [0.3, 0.4) is 0 Å². The lowest BCUT2D eigenvalue weighted by molar-refractivity contribution is -0.542. The third kappa shape index (κ3) is 7.16. The van der Waals surface area contributed by atoms with E-state index in [1.54, 1.807) is 25.3 Å². The number of phenols is 1. The molecule has 3 amide bonds. The first-order valence-electron chi connectivity index (χ1n) is 20.1. The molecule has 3 unspecified atom stereocenters. The Labute approximate surface area is 352 Å². The van der Waals surface area contributed by atoms with Crippen molar-refractivity contribution in [2.75, 3.05) is 23.7 Å². The van der Waals surface area contributed by atoms with Gasteiger partial charge in [-0.2, -0.15) is 0 Å². The Morgan fingerprint density at radius 1 is 0.855 bits per heavy atom. The third-order valence-corrected chi connectivity index (χ3v) is 11.8. The lowest BCUT2D eigenvalue weighted by atomic mass is 9.89. The van der Waals surface area contributed by atoms with Gasteiger partial charge in [-0.15, -0.1) is 0 Å². The van der Waals surface area contributed by atoms with Gasteiger partial charge in [0.1, 0.15) is 17.6 Å². The number of guanidine groups is 1. The minimum absolute atomic E-state index is 0.00625. The van der Waals surface area contributed by atoms with Crippen LogP contribution in [0.4, 0.5) is 22.7 Å². The molecule has 0 saturated heterocycles. The number of nitrogens with zero attached hydrogens (tertiary/aromatic N) is 6. The number of carbonyl (C=O) groups excluding carboxylic acids is 3. The topological polar surface area (TPSA) is 260 Å². The number of nitro groups is 2. The number of aryl methyl sites for hydroxylation is 3. The van der Waals surface area contributed by atoms with Crippen LogP contribution in [0.5, 0.6) is 5.75 Å². The number of benzene rings is 3. The van der Waals surface area contributed by atoms with Crippen LogP contribution in [0.2, 0.25) is 0 Å². The number of fused-ring (bicyclic) bond motifs is 6. The van der Waals surface area contributed by atoms with E-state index in [0.717, 1.165) is 51.9 Å². The summed E-state index contributed by atoms with van der Waals surface area (Å²) in [5, 5.41) is 52.3. The van der Waals surface area contributed by atoms with Crippen LogP contribution in [0.1, 0.15) is 55.0 Å². The maximum atomic E-state index is 13.5. The molecule has 5 heterocycles. The molecule has 19 nitrogen and oxygen atoms in total. The molecule has 19 heteroatoms. The summed E-state index contributed by atoms with van der Waals surface area (Å²) in [6.07, 6.45) is 4.11. The van der Waals surface area contributed by atoms with Crippen molar-refractivity contribution < 1.29 is 33.9 Å². The van der Waals surface area contributed by atoms with Gasteiger partial charge < -0.3 is 21.1 Å². The monoisotopic (exact) mass is 838 g/mol. The maximum absolute atomic E-state index is 13.5. The Hall–Kier alpha value is -7.83. The van der Waals surface area contributed by atoms with Gasteiger partial charge in [0.05, 0.1) is 45.8 Å². The van der Waals surface area contributed by atoms with Crippen molar-refractivity contribution in [3.63, 3.8) is 0 Å². The van der Waals surface area contributed by atoms with Crippen molar-refractivity contribution in [3.8, 4) is 17.1 Å². The van der Waals surface area contributed by atoms with Gasteiger partial charge in [0.25, 0.3) is 11.6 Å². The van der Waals surface area contributed by atoms with Gasteiger partial charge >= 0.3 is 11.6 Å². The summed E-state index contributed by atoms with van der Waals surface area (Å²) in [4.78, 5) is 74.3. The van der Waals surface area contributed by atoms with E-state index in [4.69, 9.17) is 9.97 Å². The van der Waals surface area contributed by atoms with E-state index in [0.29, 0.717) is 65.7 Å². The zero-order valence-electron chi connectivity index (χ0n) is 33.7. The quantitative estimate of drug-likeness (QED) is 0.0685. The fraction of sp³-hybridized carbons (Fsp3) is 0.279. The summed E-state index contributed by atoms with van der Waals surface area (Å²) >= 11 is 0.